The van der Waals surface area contributed by atoms with E-state index in [1.807, 2.05) is 17.9 Å². The molecule has 1 unspecified atom stereocenters. The van der Waals surface area contributed by atoms with Crippen LogP contribution in [-0.4, -0.2) is 40.4 Å². The van der Waals surface area contributed by atoms with Gasteiger partial charge in [-0.15, -0.1) is 12.4 Å². The summed E-state index contributed by atoms with van der Waals surface area (Å²) in [6.07, 6.45) is 4.05. The molecule has 1 N–H and O–H groups in total. The summed E-state index contributed by atoms with van der Waals surface area (Å²) < 4.78 is 1.87. The number of nitrogens with zero attached hydrogens (tertiary/aromatic N) is 3. The fourth-order valence-electron chi connectivity index (χ4n) is 3.05. The first kappa shape index (κ1) is 17.0. The monoisotopic (exact) mass is 320 g/mol. The van der Waals surface area contributed by atoms with Crippen molar-refractivity contribution in [2.45, 2.75) is 26.4 Å². The van der Waals surface area contributed by atoms with Gasteiger partial charge in [0, 0.05) is 51.0 Å². The van der Waals surface area contributed by atoms with Gasteiger partial charge >= 0.3 is 0 Å². The highest BCUT2D eigenvalue weighted by atomic mass is 35.5. The Bertz CT molecular complexity index is 623. The third-order valence-electron chi connectivity index (χ3n) is 4.13. The molecule has 0 aliphatic carbocycles. The molecule has 0 radical (unpaired) electrons. The summed E-state index contributed by atoms with van der Waals surface area (Å²) in [6, 6.07) is 7.33. The fraction of sp³-hybridized carbons (Fsp3) is 0.471. The molecular formula is C17H25ClN4. The zero-order chi connectivity index (χ0) is 14.8. The number of hydrogen-bond acceptors (Lipinski definition) is 3. The lowest BCUT2D eigenvalue weighted by atomic mass is 9.99. The summed E-state index contributed by atoms with van der Waals surface area (Å²) in [5.74, 6) is 0. The Balaban J connectivity index is 0.00000176. The van der Waals surface area contributed by atoms with Crippen LogP contribution in [-0.2, 0) is 13.6 Å². The molecule has 1 atom stereocenters. The van der Waals surface area contributed by atoms with Gasteiger partial charge in [-0.25, -0.2) is 0 Å². The Kier molecular flexibility index (Phi) is 5.62. The van der Waals surface area contributed by atoms with E-state index in [-0.39, 0.29) is 12.4 Å². The molecule has 2 aromatic rings. The Morgan fingerprint density at radius 2 is 2.18 bits per heavy atom. The van der Waals surface area contributed by atoms with Gasteiger partial charge in [0.05, 0.1) is 6.20 Å². The highest BCUT2D eigenvalue weighted by molar-refractivity contribution is 5.85. The van der Waals surface area contributed by atoms with Crippen molar-refractivity contribution in [2.24, 2.45) is 7.05 Å². The van der Waals surface area contributed by atoms with E-state index >= 15 is 0 Å². The number of aryl methyl sites for hydroxylation is 2. The standard InChI is InChI=1S/C17H24N4.ClH/c1-13-4-5-15(12-21-7-6-18-14(2)10-21)17(8-13)16-9-19-20(3)11-16;/h4-5,8-9,11,14,18H,6-7,10,12H2,1-3H3;1H. The minimum absolute atomic E-state index is 0. The van der Waals surface area contributed by atoms with E-state index in [1.165, 1.54) is 22.3 Å². The maximum absolute atomic E-state index is 4.32. The molecule has 3 rings (SSSR count). The molecule has 4 nitrogen and oxygen atoms in total. The average Bonchev–Trinajstić information content (AvgIpc) is 2.87. The van der Waals surface area contributed by atoms with Gasteiger partial charge in [-0.05, 0) is 25.0 Å². The largest absolute Gasteiger partial charge is 0.312 e. The van der Waals surface area contributed by atoms with E-state index in [2.05, 4.69) is 53.6 Å². The van der Waals surface area contributed by atoms with Crippen LogP contribution >= 0.6 is 12.4 Å². The Hall–Kier alpha value is -1.36. The van der Waals surface area contributed by atoms with Crippen molar-refractivity contribution < 1.29 is 0 Å². The van der Waals surface area contributed by atoms with Crippen LogP contribution < -0.4 is 5.32 Å². The van der Waals surface area contributed by atoms with Gasteiger partial charge in [0.25, 0.3) is 0 Å². The third-order valence-corrected chi connectivity index (χ3v) is 4.13. The second kappa shape index (κ2) is 7.27. The highest BCUT2D eigenvalue weighted by Gasteiger charge is 2.17. The van der Waals surface area contributed by atoms with Crippen molar-refractivity contribution >= 4 is 12.4 Å². The summed E-state index contributed by atoms with van der Waals surface area (Å²) in [5, 5.41) is 7.82. The number of hydrogen-bond donors (Lipinski definition) is 1. The topological polar surface area (TPSA) is 33.1 Å². The molecule has 1 aliphatic heterocycles. The second-order valence-electron chi connectivity index (χ2n) is 6.15. The lowest BCUT2D eigenvalue weighted by Crippen LogP contribution is -2.48. The molecule has 22 heavy (non-hydrogen) atoms. The van der Waals surface area contributed by atoms with Crippen LogP contribution in [0.15, 0.2) is 30.6 Å². The molecule has 1 fully saturated rings. The Labute approximate surface area is 138 Å². The summed E-state index contributed by atoms with van der Waals surface area (Å²) in [4.78, 5) is 2.53. The third kappa shape index (κ3) is 3.88. The molecule has 1 aromatic carbocycles. The minimum Gasteiger partial charge on any atom is -0.312 e. The molecule has 2 heterocycles. The quantitative estimate of drug-likeness (QED) is 0.943. The first-order chi connectivity index (χ1) is 10.1. The van der Waals surface area contributed by atoms with Gasteiger partial charge in [0.2, 0.25) is 0 Å². The lowest BCUT2D eigenvalue weighted by molar-refractivity contribution is 0.200. The van der Waals surface area contributed by atoms with Crippen molar-refractivity contribution in [3.8, 4) is 11.1 Å². The molecule has 0 saturated carbocycles. The minimum atomic E-state index is 0. The molecule has 0 amide bonds. The van der Waals surface area contributed by atoms with Crippen molar-refractivity contribution in [2.75, 3.05) is 19.6 Å². The van der Waals surface area contributed by atoms with Crippen LogP contribution in [0.2, 0.25) is 0 Å². The fourth-order valence-corrected chi connectivity index (χ4v) is 3.05. The smallest absolute Gasteiger partial charge is 0.0568 e. The van der Waals surface area contributed by atoms with Crippen LogP contribution in [0.1, 0.15) is 18.1 Å². The SMILES string of the molecule is Cc1ccc(CN2CCNC(C)C2)c(-c2cnn(C)c2)c1.Cl. The van der Waals surface area contributed by atoms with Gasteiger partial charge in [0.1, 0.15) is 0 Å². The van der Waals surface area contributed by atoms with E-state index in [1.54, 1.807) is 0 Å². The van der Waals surface area contributed by atoms with Gasteiger partial charge in [-0.2, -0.15) is 5.10 Å². The van der Waals surface area contributed by atoms with Crippen molar-refractivity contribution in [3.05, 3.63) is 41.7 Å². The average molecular weight is 321 g/mol. The molecular weight excluding hydrogens is 296 g/mol. The molecule has 1 aliphatic rings. The second-order valence-corrected chi connectivity index (χ2v) is 6.15. The van der Waals surface area contributed by atoms with Crippen LogP contribution in [0.3, 0.4) is 0 Å². The number of rotatable bonds is 3. The normalized spacial score (nSPS) is 19.0. The predicted octanol–water partition coefficient (Wildman–Crippen LogP) is 2.61. The van der Waals surface area contributed by atoms with E-state index in [9.17, 15) is 0 Å². The zero-order valence-corrected chi connectivity index (χ0v) is 14.4. The van der Waals surface area contributed by atoms with E-state index in [0.717, 1.165) is 26.2 Å². The lowest BCUT2D eigenvalue weighted by Gasteiger charge is -2.32. The van der Waals surface area contributed by atoms with Crippen LogP contribution in [0.25, 0.3) is 11.1 Å². The van der Waals surface area contributed by atoms with Crippen molar-refractivity contribution in [1.29, 1.82) is 0 Å². The Morgan fingerprint density at radius 3 is 2.86 bits per heavy atom. The molecule has 120 valence electrons. The summed E-state index contributed by atoms with van der Waals surface area (Å²) >= 11 is 0. The maximum Gasteiger partial charge on any atom is 0.0568 e. The Morgan fingerprint density at radius 1 is 1.36 bits per heavy atom. The van der Waals surface area contributed by atoms with Gasteiger partial charge in [-0.1, -0.05) is 23.8 Å². The first-order valence-electron chi connectivity index (χ1n) is 7.66. The van der Waals surface area contributed by atoms with E-state index in [0.29, 0.717) is 6.04 Å². The summed E-state index contributed by atoms with van der Waals surface area (Å²) in [5.41, 5.74) is 5.21. The van der Waals surface area contributed by atoms with Crippen molar-refractivity contribution in [3.63, 3.8) is 0 Å². The first-order valence-corrected chi connectivity index (χ1v) is 7.66. The maximum atomic E-state index is 4.32. The number of halogens is 1. The van der Waals surface area contributed by atoms with Crippen LogP contribution in [0.4, 0.5) is 0 Å². The molecule has 0 bridgehead atoms. The zero-order valence-electron chi connectivity index (χ0n) is 13.5. The van der Waals surface area contributed by atoms with Gasteiger partial charge in [0.15, 0.2) is 0 Å². The van der Waals surface area contributed by atoms with Crippen molar-refractivity contribution in [1.82, 2.24) is 20.0 Å². The number of piperazine rings is 1. The van der Waals surface area contributed by atoms with Gasteiger partial charge < -0.3 is 5.32 Å². The number of aromatic nitrogens is 2. The molecule has 0 spiro atoms. The van der Waals surface area contributed by atoms with Crippen LogP contribution in [0, 0.1) is 6.92 Å². The van der Waals surface area contributed by atoms with Crippen LogP contribution in [0.5, 0.6) is 0 Å². The summed E-state index contributed by atoms with van der Waals surface area (Å²) in [6.45, 7) is 8.72. The molecule has 5 heteroatoms. The molecule has 1 saturated heterocycles. The van der Waals surface area contributed by atoms with Gasteiger partial charge in [-0.3, -0.25) is 9.58 Å². The highest BCUT2D eigenvalue weighted by Crippen LogP contribution is 2.26. The van der Waals surface area contributed by atoms with E-state index in [4.69, 9.17) is 0 Å². The number of nitrogens with one attached hydrogen (secondary N) is 1. The summed E-state index contributed by atoms with van der Waals surface area (Å²) in [7, 11) is 1.97. The number of benzene rings is 1. The molecule has 1 aromatic heterocycles. The van der Waals surface area contributed by atoms with E-state index < -0.39 is 0 Å². The predicted molar refractivity (Wildman–Crippen MR) is 93.4 cm³/mol.